The number of likely N-dealkylation sites (tertiary alicyclic amines) is 1. The number of imidazole rings is 1. The number of halogens is 3. The van der Waals surface area contributed by atoms with E-state index in [1.807, 2.05) is 23.1 Å². The highest BCUT2D eigenvalue weighted by Crippen LogP contribution is 2.38. The lowest BCUT2D eigenvalue weighted by Gasteiger charge is -2.27. The van der Waals surface area contributed by atoms with Crippen molar-refractivity contribution >= 4 is 32.9 Å². The first-order chi connectivity index (χ1) is 14.9. The van der Waals surface area contributed by atoms with Crippen LogP contribution in [0.3, 0.4) is 0 Å². The van der Waals surface area contributed by atoms with Crippen LogP contribution < -0.4 is 5.73 Å². The highest BCUT2D eigenvalue weighted by atomic mass is 79.9. The molecule has 3 atom stereocenters. The molecule has 5 nitrogen and oxygen atoms in total. The van der Waals surface area contributed by atoms with Crippen molar-refractivity contribution in [1.82, 2.24) is 14.9 Å². The molecule has 1 aliphatic carbocycles. The predicted molar refractivity (Wildman–Crippen MR) is 117 cm³/mol. The van der Waals surface area contributed by atoms with Crippen LogP contribution in [0.1, 0.15) is 54.6 Å². The van der Waals surface area contributed by atoms with E-state index in [1.165, 1.54) is 12.1 Å². The van der Waals surface area contributed by atoms with Crippen molar-refractivity contribution < 1.29 is 13.6 Å². The first-order valence-electron chi connectivity index (χ1n) is 10.6. The number of carbonyl (C=O) groups is 1. The van der Waals surface area contributed by atoms with Crippen LogP contribution >= 0.6 is 15.9 Å². The summed E-state index contributed by atoms with van der Waals surface area (Å²) in [6, 6.07) is 7.82. The van der Waals surface area contributed by atoms with Gasteiger partial charge < -0.3 is 15.6 Å². The molecular formula is C23H23BrF2N4O. The Kier molecular flexibility index (Phi) is 5.30. The van der Waals surface area contributed by atoms with Gasteiger partial charge in [-0.05, 0) is 67.1 Å². The fourth-order valence-corrected chi connectivity index (χ4v) is 5.41. The van der Waals surface area contributed by atoms with E-state index in [0.717, 1.165) is 45.3 Å². The zero-order chi connectivity index (χ0) is 21.7. The molecule has 3 N–H and O–H groups in total. The van der Waals surface area contributed by atoms with Crippen LogP contribution in [0.25, 0.3) is 11.0 Å². The number of aromatic amines is 1. The topological polar surface area (TPSA) is 75.0 Å². The summed E-state index contributed by atoms with van der Waals surface area (Å²) in [5.41, 5.74) is 9.74. The Morgan fingerprint density at radius 2 is 2.06 bits per heavy atom. The fourth-order valence-electron chi connectivity index (χ4n) is 5.05. The van der Waals surface area contributed by atoms with Crippen molar-refractivity contribution in [1.29, 1.82) is 0 Å². The maximum absolute atomic E-state index is 13.8. The quantitative estimate of drug-likeness (QED) is 0.558. The van der Waals surface area contributed by atoms with Crippen molar-refractivity contribution in [3.63, 3.8) is 0 Å². The van der Waals surface area contributed by atoms with Crippen molar-refractivity contribution in [2.45, 2.75) is 50.1 Å². The van der Waals surface area contributed by atoms with Gasteiger partial charge in [-0.25, -0.2) is 13.8 Å². The summed E-state index contributed by atoms with van der Waals surface area (Å²) in [6.07, 6.45) is 3.28. The van der Waals surface area contributed by atoms with Gasteiger partial charge >= 0.3 is 0 Å². The molecule has 5 rings (SSSR count). The van der Waals surface area contributed by atoms with Gasteiger partial charge in [0.1, 0.15) is 5.82 Å². The van der Waals surface area contributed by atoms with E-state index in [-0.39, 0.29) is 24.3 Å². The summed E-state index contributed by atoms with van der Waals surface area (Å²) in [7, 11) is 0. The van der Waals surface area contributed by atoms with E-state index in [0.29, 0.717) is 19.4 Å². The summed E-state index contributed by atoms with van der Waals surface area (Å²) >= 11 is 3.47. The van der Waals surface area contributed by atoms with Gasteiger partial charge in [0.05, 0.1) is 17.1 Å². The normalized spacial score (nSPS) is 21.6. The minimum atomic E-state index is -0.861. The lowest BCUT2D eigenvalue weighted by molar-refractivity contribution is -0.132. The summed E-state index contributed by atoms with van der Waals surface area (Å²) in [5, 5.41) is 0. The van der Waals surface area contributed by atoms with Crippen LogP contribution in [0.4, 0.5) is 8.78 Å². The minimum absolute atomic E-state index is 0.0207. The number of hydrogen-bond acceptors (Lipinski definition) is 3. The monoisotopic (exact) mass is 488 g/mol. The highest BCUT2D eigenvalue weighted by molar-refractivity contribution is 9.10. The second-order valence-electron chi connectivity index (χ2n) is 8.51. The second-order valence-corrected chi connectivity index (χ2v) is 9.42. The van der Waals surface area contributed by atoms with E-state index in [2.05, 4.69) is 20.9 Å². The van der Waals surface area contributed by atoms with Gasteiger partial charge in [-0.3, -0.25) is 4.79 Å². The van der Waals surface area contributed by atoms with Gasteiger partial charge in [0.25, 0.3) is 0 Å². The maximum Gasteiger partial charge on any atom is 0.224 e. The number of H-pyrrole nitrogens is 1. The van der Waals surface area contributed by atoms with E-state index in [1.54, 1.807) is 0 Å². The fraction of sp³-hybridized carbons (Fsp3) is 0.391. The zero-order valence-corrected chi connectivity index (χ0v) is 18.5. The Morgan fingerprint density at radius 3 is 2.90 bits per heavy atom. The molecule has 2 heterocycles. The lowest BCUT2D eigenvalue weighted by Crippen LogP contribution is -2.38. The van der Waals surface area contributed by atoms with Gasteiger partial charge in [0.2, 0.25) is 5.91 Å². The van der Waals surface area contributed by atoms with Crippen LogP contribution in [0.15, 0.2) is 34.8 Å². The third-order valence-corrected chi connectivity index (χ3v) is 7.08. The Balaban J connectivity index is 1.32. The molecular weight excluding hydrogens is 466 g/mol. The number of nitrogens with zero attached hydrogens (tertiary/aromatic N) is 2. The van der Waals surface area contributed by atoms with Crippen LogP contribution in [0.2, 0.25) is 0 Å². The standard InChI is InChI=1S/C23H23BrF2N4O/c24-13-4-6-19-20(9-13)29-23(28-19)21-2-1-7-30(21)22(31)11-18(27)14-5-3-12-8-16(25)17(26)10-15(12)14/h4,6,8-10,14,18,21H,1-3,5,7,11,27H2,(H,28,29). The molecule has 1 aliphatic heterocycles. The summed E-state index contributed by atoms with van der Waals surface area (Å²) in [6.45, 7) is 0.665. The molecule has 0 radical (unpaired) electrons. The molecule has 3 unspecified atom stereocenters. The summed E-state index contributed by atoms with van der Waals surface area (Å²) < 4.78 is 28.3. The molecule has 1 saturated heterocycles. The molecule has 0 bridgehead atoms. The summed E-state index contributed by atoms with van der Waals surface area (Å²) in [4.78, 5) is 23.1. The number of rotatable bonds is 4. The molecule has 8 heteroatoms. The van der Waals surface area contributed by atoms with E-state index >= 15 is 0 Å². The van der Waals surface area contributed by atoms with Crippen molar-refractivity contribution in [2.75, 3.05) is 6.54 Å². The van der Waals surface area contributed by atoms with Gasteiger partial charge in [0.15, 0.2) is 11.6 Å². The molecule has 1 amide bonds. The Hall–Kier alpha value is -2.32. The number of carbonyl (C=O) groups excluding carboxylic acids is 1. The Bertz CT molecular complexity index is 1160. The van der Waals surface area contributed by atoms with Crippen LogP contribution in [0, 0.1) is 11.6 Å². The number of aromatic nitrogens is 2. The number of hydrogen-bond donors (Lipinski definition) is 2. The first-order valence-corrected chi connectivity index (χ1v) is 11.4. The third-order valence-electron chi connectivity index (χ3n) is 6.58. The molecule has 162 valence electrons. The lowest BCUT2D eigenvalue weighted by atomic mass is 9.91. The Morgan fingerprint density at radius 1 is 1.26 bits per heavy atom. The van der Waals surface area contributed by atoms with Gasteiger partial charge in [0, 0.05) is 29.4 Å². The average Bonchev–Trinajstić information content (AvgIpc) is 3.45. The maximum atomic E-state index is 13.8. The van der Waals surface area contributed by atoms with Gasteiger partial charge in [-0.1, -0.05) is 15.9 Å². The number of benzene rings is 2. The molecule has 0 saturated carbocycles. The Labute approximate surface area is 187 Å². The predicted octanol–water partition coefficient (Wildman–Crippen LogP) is 4.71. The van der Waals surface area contributed by atoms with Crippen LogP contribution in [-0.2, 0) is 11.2 Å². The van der Waals surface area contributed by atoms with E-state index in [4.69, 9.17) is 10.7 Å². The van der Waals surface area contributed by atoms with E-state index < -0.39 is 17.7 Å². The SMILES string of the molecule is NC(CC(=O)N1CCCC1c1nc2ccc(Br)cc2[nH]1)C1CCc2cc(F)c(F)cc21. The van der Waals surface area contributed by atoms with Crippen LogP contribution in [-0.4, -0.2) is 33.4 Å². The molecule has 3 aromatic rings. The van der Waals surface area contributed by atoms with E-state index in [9.17, 15) is 13.6 Å². The van der Waals surface area contributed by atoms with Crippen LogP contribution in [0.5, 0.6) is 0 Å². The van der Waals surface area contributed by atoms with Crippen molar-refractivity contribution in [2.24, 2.45) is 5.73 Å². The van der Waals surface area contributed by atoms with Crippen molar-refractivity contribution in [3.05, 3.63) is 63.4 Å². The average molecular weight is 489 g/mol. The molecule has 2 aliphatic rings. The molecule has 1 aromatic heterocycles. The molecule has 0 spiro atoms. The molecule has 1 fully saturated rings. The van der Waals surface area contributed by atoms with Crippen molar-refractivity contribution in [3.8, 4) is 0 Å². The summed E-state index contributed by atoms with van der Waals surface area (Å²) in [5.74, 6) is -1.07. The van der Waals surface area contributed by atoms with Gasteiger partial charge in [-0.15, -0.1) is 0 Å². The smallest absolute Gasteiger partial charge is 0.224 e. The zero-order valence-electron chi connectivity index (χ0n) is 16.9. The molecule has 31 heavy (non-hydrogen) atoms. The molecule has 2 aromatic carbocycles. The van der Waals surface area contributed by atoms with Gasteiger partial charge in [-0.2, -0.15) is 0 Å². The largest absolute Gasteiger partial charge is 0.340 e. The minimum Gasteiger partial charge on any atom is -0.340 e. The third kappa shape index (κ3) is 3.76. The highest BCUT2D eigenvalue weighted by Gasteiger charge is 2.35. The number of nitrogens with one attached hydrogen (secondary N) is 1. The number of amides is 1. The number of aryl methyl sites for hydroxylation is 1. The number of nitrogens with two attached hydrogens (primary N) is 1. The second kappa shape index (κ2) is 7.98. The number of fused-ring (bicyclic) bond motifs is 2. The first kappa shape index (κ1) is 20.6.